The maximum atomic E-state index is 12.6. The van der Waals surface area contributed by atoms with Crippen molar-refractivity contribution < 1.29 is 13.2 Å². The molecule has 0 unspecified atom stereocenters. The number of aryl methyl sites for hydroxylation is 2. The highest BCUT2D eigenvalue weighted by Gasteiger charge is 2.21. The number of nitrogens with zero attached hydrogens (tertiary/aromatic N) is 2. The van der Waals surface area contributed by atoms with Crippen LogP contribution >= 0.6 is 0 Å². The van der Waals surface area contributed by atoms with Crippen molar-refractivity contribution in [2.75, 3.05) is 37.9 Å². The third kappa shape index (κ3) is 4.48. The number of sulfonamides is 1. The van der Waals surface area contributed by atoms with E-state index in [1.807, 2.05) is 24.9 Å². The standard InChI is InChI=1S/C20H25N3O3S/c1-15-4-9-19(16(2)14-15)27(25,26)21-18-7-5-17(6-8-18)20(24)23-12-10-22(3)11-13-23/h4-9,14,21H,10-13H2,1-3H3. The Morgan fingerprint density at radius 2 is 1.59 bits per heavy atom. The van der Waals surface area contributed by atoms with Crippen LogP contribution in [0.4, 0.5) is 5.69 Å². The highest BCUT2D eigenvalue weighted by molar-refractivity contribution is 7.92. The molecule has 0 saturated carbocycles. The predicted molar refractivity (Wildman–Crippen MR) is 107 cm³/mol. The summed E-state index contributed by atoms with van der Waals surface area (Å²) in [7, 11) is -1.63. The summed E-state index contributed by atoms with van der Waals surface area (Å²) in [5.41, 5.74) is 2.71. The van der Waals surface area contributed by atoms with Crippen LogP contribution in [0, 0.1) is 13.8 Å². The molecule has 1 saturated heterocycles. The molecule has 0 aromatic heterocycles. The number of carbonyl (C=O) groups is 1. The van der Waals surface area contributed by atoms with Crippen molar-refractivity contribution in [2.45, 2.75) is 18.7 Å². The van der Waals surface area contributed by atoms with Crippen molar-refractivity contribution in [3.05, 3.63) is 59.2 Å². The van der Waals surface area contributed by atoms with Gasteiger partial charge in [-0.15, -0.1) is 0 Å². The maximum Gasteiger partial charge on any atom is 0.262 e. The molecule has 27 heavy (non-hydrogen) atoms. The molecule has 0 bridgehead atoms. The lowest BCUT2D eigenvalue weighted by Crippen LogP contribution is -2.47. The number of amides is 1. The van der Waals surface area contributed by atoms with E-state index >= 15 is 0 Å². The molecule has 2 aromatic rings. The first kappa shape index (κ1) is 19.4. The first-order valence-electron chi connectivity index (χ1n) is 8.94. The van der Waals surface area contributed by atoms with Gasteiger partial charge in [0, 0.05) is 37.4 Å². The van der Waals surface area contributed by atoms with Gasteiger partial charge in [0.1, 0.15) is 0 Å². The van der Waals surface area contributed by atoms with Crippen molar-refractivity contribution in [3.63, 3.8) is 0 Å². The molecular weight excluding hydrogens is 362 g/mol. The van der Waals surface area contributed by atoms with Crippen LogP contribution < -0.4 is 4.72 Å². The quantitative estimate of drug-likeness (QED) is 0.875. The van der Waals surface area contributed by atoms with Crippen LogP contribution in [0.5, 0.6) is 0 Å². The van der Waals surface area contributed by atoms with E-state index < -0.39 is 10.0 Å². The lowest BCUT2D eigenvalue weighted by Gasteiger charge is -2.32. The van der Waals surface area contributed by atoms with E-state index in [0.29, 0.717) is 29.9 Å². The number of hydrogen-bond donors (Lipinski definition) is 1. The van der Waals surface area contributed by atoms with E-state index in [-0.39, 0.29) is 10.8 Å². The normalized spacial score (nSPS) is 15.6. The molecule has 0 atom stereocenters. The number of rotatable bonds is 4. The molecule has 0 spiro atoms. The molecule has 6 nitrogen and oxygen atoms in total. The molecule has 3 rings (SSSR count). The summed E-state index contributed by atoms with van der Waals surface area (Å²) in [5.74, 6) is -0.0214. The van der Waals surface area contributed by atoms with E-state index in [9.17, 15) is 13.2 Å². The fourth-order valence-electron chi connectivity index (χ4n) is 3.18. The number of nitrogens with one attached hydrogen (secondary N) is 1. The Morgan fingerprint density at radius 1 is 0.963 bits per heavy atom. The summed E-state index contributed by atoms with van der Waals surface area (Å²) in [6.45, 7) is 6.83. The summed E-state index contributed by atoms with van der Waals surface area (Å²) < 4.78 is 27.9. The van der Waals surface area contributed by atoms with Crippen LogP contribution in [0.1, 0.15) is 21.5 Å². The van der Waals surface area contributed by atoms with Crippen LogP contribution in [0.25, 0.3) is 0 Å². The summed E-state index contributed by atoms with van der Waals surface area (Å²) >= 11 is 0. The topological polar surface area (TPSA) is 69.7 Å². The van der Waals surface area contributed by atoms with Gasteiger partial charge in [0.25, 0.3) is 15.9 Å². The smallest absolute Gasteiger partial charge is 0.262 e. The number of hydrogen-bond acceptors (Lipinski definition) is 4. The third-order valence-electron chi connectivity index (χ3n) is 4.79. The van der Waals surface area contributed by atoms with Crippen LogP contribution in [0.2, 0.25) is 0 Å². The fourth-order valence-corrected chi connectivity index (χ4v) is 4.47. The minimum absolute atomic E-state index is 0.0214. The number of carbonyl (C=O) groups excluding carboxylic acids is 1. The zero-order valence-corrected chi connectivity index (χ0v) is 16.7. The largest absolute Gasteiger partial charge is 0.336 e. The zero-order chi connectivity index (χ0) is 19.6. The van der Waals surface area contributed by atoms with Crippen molar-refractivity contribution in [1.29, 1.82) is 0 Å². The van der Waals surface area contributed by atoms with Gasteiger partial charge >= 0.3 is 0 Å². The van der Waals surface area contributed by atoms with Crippen LogP contribution in [0.3, 0.4) is 0 Å². The first-order chi connectivity index (χ1) is 12.8. The van der Waals surface area contributed by atoms with Gasteiger partial charge in [0.05, 0.1) is 4.90 Å². The average molecular weight is 388 g/mol. The zero-order valence-electron chi connectivity index (χ0n) is 15.9. The molecule has 2 aromatic carbocycles. The third-order valence-corrected chi connectivity index (χ3v) is 6.34. The number of anilines is 1. The lowest BCUT2D eigenvalue weighted by atomic mass is 10.1. The van der Waals surface area contributed by atoms with Crippen LogP contribution in [0.15, 0.2) is 47.4 Å². The summed E-state index contributed by atoms with van der Waals surface area (Å²) in [5, 5.41) is 0. The second-order valence-corrected chi connectivity index (χ2v) is 8.70. The van der Waals surface area contributed by atoms with Crippen LogP contribution in [-0.4, -0.2) is 57.4 Å². The van der Waals surface area contributed by atoms with E-state index in [4.69, 9.17) is 0 Å². The molecule has 0 aliphatic carbocycles. The summed E-state index contributed by atoms with van der Waals surface area (Å²) in [6.07, 6.45) is 0. The minimum Gasteiger partial charge on any atom is -0.336 e. The Hall–Kier alpha value is -2.38. The fraction of sp³-hybridized carbons (Fsp3) is 0.350. The van der Waals surface area contributed by atoms with Gasteiger partial charge in [0.15, 0.2) is 0 Å². The molecule has 1 fully saturated rings. The van der Waals surface area contributed by atoms with E-state index in [1.165, 1.54) is 0 Å². The average Bonchev–Trinajstić information content (AvgIpc) is 2.62. The molecule has 1 aliphatic heterocycles. The van der Waals surface area contributed by atoms with Crippen molar-refractivity contribution in [1.82, 2.24) is 9.80 Å². The highest BCUT2D eigenvalue weighted by Crippen LogP contribution is 2.21. The Balaban J connectivity index is 1.72. The predicted octanol–water partition coefficient (Wildman–Crippen LogP) is 2.49. The molecule has 144 valence electrons. The second kappa shape index (κ2) is 7.70. The minimum atomic E-state index is -3.67. The Labute approximate surface area is 160 Å². The van der Waals surface area contributed by atoms with Crippen molar-refractivity contribution in [2.24, 2.45) is 0 Å². The summed E-state index contributed by atoms with van der Waals surface area (Å²) in [4.78, 5) is 16.8. The van der Waals surface area contributed by atoms with E-state index in [1.54, 1.807) is 43.3 Å². The Bertz CT molecular complexity index is 931. The molecular formula is C20H25N3O3S. The van der Waals surface area contributed by atoms with Gasteiger partial charge in [-0.2, -0.15) is 0 Å². The van der Waals surface area contributed by atoms with Gasteiger partial charge < -0.3 is 9.80 Å². The number of benzene rings is 2. The van der Waals surface area contributed by atoms with Crippen molar-refractivity contribution in [3.8, 4) is 0 Å². The van der Waals surface area contributed by atoms with E-state index in [2.05, 4.69) is 9.62 Å². The first-order valence-corrected chi connectivity index (χ1v) is 10.4. The Morgan fingerprint density at radius 3 is 2.19 bits per heavy atom. The van der Waals surface area contributed by atoms with Gasteiger partial charge in [-0.1, -0.05) is 17.7 Å². The summed E-state index contributed by atoms with van der Waals surface area (Å²) in [6, 6.07) is 11.8. The van der Waals surface area contributed by atoms with Gasteiger partial charge in [-0.3, -0.25) is 9.52 Å². The molecule has 1 heterocycles. The molecule has 1 amide bonds. The van der Waals surface area contributed by atoms with Crippen molar-refractivity contribution >= 4 is 21.6 Å². The van der Waals surface area contributed by atoms with Gasteiger partial charge in [-0.25, -0.2) is 8.42 Å². The number of piperazine rings is 1. The SMILES string of the molecule is Cc1ccc(S(=O)(=O)Nc2ccc(C(=O)N3CCN(C)CC3)cc2)c(C)c1. The second-order valence-electron chi connectivity index (χ2n) is 7.05. The van der Waals surface area contributed by atoms with Gasteiger partial charge in [-0.05, 0) is 56.8 Å². The Kier molecular flexibility index (Phi) is 5.53. The molecule has 7 heteroatoms. The lowest BCUT2D eigenvalue weighted by molar-refractivity contribution is 0.0664. The number of likely N-dealkylation sites (N-methyl/N-ethyl adjacent to an activating group) is 1. The maximum absolute atomic E-state index is 12.6. The van der Waals surface area contributed by atoms with Crippen LogP contribution in [-0.2, 0) is 10.0 Å². The van der Waals surface area contributed by atoms with Gasteiger partial charge in [0.2, 0.25) is 0 Å². The highest BCUT2D eigenvalue weighted by atomic mass is 32.2. The molecule has 0 radical (unpaired) electrons. The van der Waals surface area contributed by atoms with E-state index in [0.717, 1.165) is 18.7 Å². The monoisotopic (exact) mass is 387 g/mol. The molecule has 1 N–H and O–H groups in total. The molecule has 1 aliphatic rings.